The number of likely N-dealkylation sites (tertiary alicyclic amines) is 2. The van der Waals surface area contributed by atoms with Crippen LogP contribution in [-0.2, 0) is 14.4 Å². The zero-order valence-corrected chi connectivity index (χ0v) is 17.7. The van der Waals surface area contributed by atoms with Crippen molar-refractivity contribution in [3.8, 4) is 0 Å². The smallest absolute Gasteiger partial charge is 0.270 e. The molecule has 11 nitrogen and oxygen atoms in total. The Hall–Kier alpha value is -3.37. The van der Waals surface area contributed by atoms with Gasteiger partial charge in [-0.05, 0) is 36.8 Å². The molecule has 2 aromatic rings. The van der Waals surface area contributed by atoms with E-state index < -0.39 is 0 Å². The minimum absolute atomic E-state index is 0.0809. The van der Waals surface area contributed by atoms with Crippen molar-refractivity contribution < 1.29 is 19.2 Å². The molecular weight excluding hydrogens is 414 g/mol. The average Bonchev–Trinajstić information content (AvgIpc) is 3.47. The number of fused-ring (bicyclic) bond motifs is 1. The third-order valence-electron chi connectivity index (χ3n) is 6.97. The first-order valence-electron chi connectivity index (χ1n) is 11.0. The zero-order chi connectivity index (χ0) is 22.3. The van der Waals surface area contributed by atoms with Crippen molar-refractivity contribution in [1.82, 2.24) is 35.5 Å². The highest BCUT2D eigenvalue weighted by atomic mass is 16.2. The Kier molecular flexibility index (Phi) is 5.10. The van der Waals surface area contributed by atoms with Gasteiger partial charge in [-0.1, -0.05) is 6.42 Å². The van der Waals surface area contributed by atoms with Crippen molar-refractivity contribution in [2.24, 2.45) is 5.41 Å². The van der Waals surface area contributed by atoms with Gasteiger partial charge in [-0.15, -0.1) is 5.10 Å². The van der Waals surface area contributed by atoms with Gasteiger partial charge < -0.3 is 10.2 Å². The van der Waals surface area contributed by atoms with E-state index >= 15 is 0 Å². The lowest BCUT2D eigenvalue weighted by Gasteiger charge is -2.38. The van der Waals surface area contributed by atoms with E-state index in [1.54, 1.807) is 12.1 Å². The van der Waals surface area contributed by atoms with Crippen molar-refractivity contribution in [3.63, 3.8) is 0 Å². The first kappa shape index (κ1) is 20.5. The molecule has 2 aromatic heterocycles. The number of aromatic amines is 1. The Morgan fingerprint density at radius 3 is 2.66 bits per heavy atom. The van der Waals surface area contributed by atoms with Gasteiger partial charge in [-0.25, -0.2) is 4.98 Å². The highest BCUT2D eigenvalue weighted by Gasteiger charge is 2.49. The van der Waals surface area contributed by atoms with E-state index in [9.17, 15) is 19.2 Å². The third-order valence-corrected chi connectivity index (χ3v) is 6.97. The molecule has 2 N–H and O–H groups in total. The summed E-state index contributed by atoms with van der Waals surface area (Å²) >= 11 is 0. The highest BCUT2D eigenvalue weighted by Crippen LogP contribution is 2.50. The number of carbonyl (C=O) groups excluding carboxylic acids is 4. The van der Waals surface area contributed by atoms with Gasteiger partial charge in [0.15, 0.2) is 0 Å². The van der Waals surface area contributed by atoms with Crippen LogP contribution in [0.15, 0.2) is 12.1 Å². The number of nitrogens with one attached hydrogen (secondary N) is 2. The first-order valence-corrected chi connectivity index (χ1v) is 11.0. The fraction of sp³-hybridized carbons (Fsp3) is 0.571. The summed E-state index contributed by atoms with van der Waals surface area (Å²) in [5.41, 5.74) is 1.32. The van der Waals surface area contributed by atoms with Crippen molar-refractivity contribution >= 4 is 34.8 Å². The number of amides is 4. The number of aromatic nitrogens is 4. The monoisotopic (exact) mass is 439 g/mol. The summed E-state index contributed by atoms with van der Waals surface area (Å²) < 4.78 is 0. The van der Waals surface area contributed by atoms with Crippen LogP contribution in [0.5, 0.6) is 0 Å². The molecule has 5 rings (SSSR count). The minimum Gasteiger partial charge on any atom is -0.349 e. The van der Waals surface area contributed by atoms with E-state index in [4.69, 9.17) is 0 Å². The number of hydrogen-bond acceptors (Lipinski definition) is 7. The van der Waals surface area contributed by atoms with E-state index in [-0.39, 0.29) is 66.6 Å². The molecular formula is C21H25N7O4. The lowest BCUT2D eigenvalue weighted by atomic mass is 9.67. The lowest BCUT2D eigenvalue weighted by Crippen LogP contribution is -2.44. The molecule has 0 aromatic carbocycles. The fourth-order valence-corrected chi connectivity index (χ4v) is 5.07. The molecule has 3 aliphatic rings. The predicted molar refractivity (Wildman–Crippen MR) is 111 cm³/mol. The molecule has 0 radical (unpaired) electrons. The van der Waals surface area contributed by atoms with Crippen molar-refractivity contribution in [3.05, 3.63) is 17.8 Å². The Bertz CT molecular complexity index is 1080. The molecule has 1 saturated carbocycles. The number of rotatable bonds is 6. The molecule has 2 aliphatic heterocycles. The Labute approximate surface area is 183 Å². The molecule has 11 heteroatoms. The molecule has 1 aliphatic carbocycles. The van der Waals surface area contributed by atoms with Gasteiger partial charge >= 0.3 is 0 Å². The SMILES string of the molecule is O=C(NCC1CC2(CCC2)CN1C(=O)CCN1C(=O)CCC1=O)c1ccc2n[nH]nc2n1. The third kappa shape index (κ3) is 3.71. The maximum atomic E-state index is 13.0. The van der Waals surface area contributed by atoms with Crippen molar-refractivity contribution in [1.29, 1.82) is 0 Å². The Morgan fingerprint density at radius 1 is 1.16 bits per heavy atom. The van der Waals surface area contributed by atoms with Crippen molar-refractivity contribution in [2.75, 3.05) is 19.6 Å². The van der Waals surface area contributed by atoms with Crippen LogP contribution in [-0.4, -0.2) is 79.5 Å². The number of carbonyl (C=O) groups is 4. The van der Waals surface area contributed by atoms with E-state index in [0.29, 0.717) is 24.3 Å². The molecule has 2 saturated heterocycles. The second kappa shape index (κ2) is 7.95. The van der Waals surface area contributed by atoms with E-state index in [1.165, 1.54) is 4.90 Å². The molecule has 168 valence electrons. The van der Waals surface area contributed by atoms with Crippen LogP contribution in [0, 0.1) is 5.41 Å². The second-order valence-corrected chi connectivity index (χ2v) is 9.00. The minimum atomic E-state index is -0.329. The summed E-state index contributed by atoms with van der Waals surface area (Å²) in [6, 6.07) is 3.15. The fourth-order valence-electron chi connectivity index (χ4n) is 5.07. The maximum absolute atomic E-state index is 13.0. The topological polar surface area (TPSA) is 141 Å². The van der Waals surface area contributed by atoms with Gasteiger partial charge in [0.05, 0.1) is 0 Å². The molecule has 1 atom stereocenters. The molecule has 0 bridgehead atoms. The number of hydrogen-bond donors (Lipinski definition) is 2. The molecule has 1 unspecified atom stereocenters. The van der Waals surface area contributed by atoms with Gasteiger partial charge in [0.25, 0.3) is 5.91 Å². The van der Waals surface area contributed by atoms with Crippen LogP contribution >= 0.6 is 0 Å². The second-order valence-electron chi connectivity index (χ2n) is 9.00. The van der Waals surface area contributed by atoms with Crippen LogP contribution < -0.4 is 5.32 Å². The Balaban J connectivity index is 1.22. The normalized spacial score (nSPS) is 22.1. The summed E-state index contributed by atoms with van der Waals surface area (Å²) in [6.07, 6.45) is 4.72. The predicted octanol–water partition coefficient (Wildman–Crippen LogP) is 0.393. The van der Waals surface area contributed by atoms with Gasteiger partial charge in [0, 0.05) is 44.9 Å². The number of nitrogens with zero attached hydrogens (tertiary/aromatic N) is 5. The molecule has 4 amide bonds. The van der Waals surface area contributed by atoms with Gasteiger partial charge in [-0.2, -0.15) is 10.3 Å². The summed E-state index contributed by atoms with van der Waals surface area (Å²) in [4.78, 5) is 56.6. The van der Waals surface area contributed by atoms with Crippen LogP contribution in [0.3, 0.4) is 0 Å². The van der Waals surface area contributed by atoms with E-state index in [2.05, 4.69) is 25.7 Å². The van der Waals surface area contributed by atoms with Crippen molar-refractivity contribution in [2.45, 2.75) is 51.0 Å². The van der Waals surface area contributed by atoms with Crippen LogP contribution in [0.25, 0.3) is 11.2 Å². The average molecular weight is 439 g/mol. The number of pyridine rings is 1. The largest absolute Gasteiger partial charge is 0.349 e. The summed E-state index contributed by atoms with van der Waals surface area (Å²) in [5, 5.41) is 13.2. The lowest BCUT2D eigenvalue weighted by molar-refractivity contribution is -0.139. The van der Waals surface area contributed by atoms with Gasteiger partial charge in [0.2, 0.25) is 23.4 Å². The summed E-state index contributed by atoms with van der Waals surface area (Å²) in [7, 11) is 0. The van der Waals surface area contributed by atoms with Gasteiger partial charge in [0.1, 0.15) is 11.2 Å². The number of H-pyrrole nitrogens is 1. The van der Waals surface area contributed by atoms with Crippen LogP contribution in [0.2, 0.25) is 0 Å². The van der Waals surface area contributed by atoms with Crippen LogP contribution in [0.1, 0.15) is 55.4 Å². The number of imide groups is 1. The van der Waals surface area contributed by atoms with Gasteiger partial charge in [-0.3, -0.25) is 24.1 Å². The first-order chi connectivity index (χ1) is 15.4. The summed E-state index contributed by atoms with van der Waals surface area (Å²) in [6.45, 7) is 1.12. The summed E-state index contributed by atoms with van der Waals surface area (Å²) in [5.74, 6) is -0.826. The standard InChI is InChI=1S/C21H25N7O4/c29-16-4-5-17(30)27(16)9-6-18(31)28-12-21(7-1-8-21)10-13(28)11-22-20(32)15-3-2-14-19(23-15)25-26-24-14/h2-3,13H,1,4-12H2,(H,22,32)(H,23,24,25,26). The quantitative estimate of drug-likeness (QED) is 0.620. The highest BCUT2D eigenvalue weighted by molar-refractivity contribution is 6.02. The van der Waals surface area contributed by atoms with E-state index in [1.807, 2.05) is 4.90 Å². The zero-order valence-electron chi connectivity index (χ0n) is 17.7. The van der Waals surface area contributed by atoms with E-state index in [0.717, 1.165) is 25.7 Å². The molecule has 4 heterocycles. The molecule has 1 spiro atoms. The molecule has 3 fully saturated rings. The maximum Gasteiger partial charge on any atom is 0.270 e. The molecule has 32 heavy (non-hydrogen) atoms. The van der Waals surface area contributed by atoms with Crippen LogP contribution in [0.4, 0.5) is 0 Å². The Morgan fingerprint density at radius 2 is 1.94 bits per heavy atom.